The highest BCUT2D eigenvalue weighted by molar-refractivity contribution is 5.05. The number of nitrogens with one attached hydrogen (secondary N) is 1. The van der Waals surface area contributed by atoms with Crippen LogP contribution in [0.2, 0.25) is 0 Å². The molecule has 19 heavy (non-hydrogen) atoms. The average molecular weight is 264 g/mol. The van der Waals surface area contributed by atoms with Crippen LogP contribution in [0.1, 0.15) is 65.2 Å². The van der Waals surface area contributed by atoms with Crippen molar-refractivity contribution in [3.05, 3.63) is 11.6 Å². The summed E-state index contributed by atoms with van der Waals surface area (Å²) in [5, 5.41) is 3.80. The standard InChI is InChI=1S/C17H32N2/c1-15(2)19-13-6-9-17(11-14-19)18-12-10-16-7-4-3-5-8-16/h7,15,17-18H,3-6,8-14H2,1-2H3. The molecule has 0 spiro atoms. The van der Waals surface area contributed by atoms with Gasteiger partial charge >= 0.3 is 0 Å². The Bertz CT molecular complexity index is 283. The van der Waals surface area contributed by atoms with E-state index in [0.29, 0.717) is 6.04 Å². The van der Waals surface area contributed by atoms with E-state index in [-0.39, 0.29) is 0 Å². The van der Waals surface area contributed by atoms with Crippen LogP contribution < -0.4 is 5.32 Å². The molecule has 2 nitrogen and oxygen atoms in total. The molecule has 2 heteroatoms. The first-order chi connectivity index (χ1) is 9.25. The minimum absolute atomic E-state index is 0.714. The lowest BCUT2D eigenvalue weighted by atomic mass is 9.97. The zero-order chi connectivity index (χ0) is 13.5. The van der Waals surface area contributed by atoms with E-state index in [1.54, 1.807) is 5.57 Å². The van der Waals surface area contributed by atoms with Gasteiger partial charge in [-0.1, -0.05) is 11.6 Å². The molecule has 2 rings (SSSR count). The topological polar surface area (TPSA) is 15.3 Å². The van der Waals surface area contributed by atoms with Crippen molar-refractivity contribution in [3.63, 3.8) is 0 Å². The predicted octanol–water partition coefficient (Wildman–Crippen LogP) is 3.73. The zero-order valence-electron chi connectivity index (χ0n) is 13.0. The first-order valence-corrected chi connectivity index (χ1v) is 8.41. The van der Waals surface area contributed by atoms with Crippen LogP contribution >= 0.6 is 0 Å². The Hall–Kier alpha value is -0.340. The Labute approximate surface area is 119 Å². The number of allylic oxidation sites excluding steroid dienone is 1. The number of hydrogen-bond acceptors (Lipinski definition) is 2. The van der Waals surface area contributed by atoms with Gasteiger partial charge in [-0.05, 0) is 84.8 Å². The third kappa shape index (κ3) is 5.27. The van der Waals surface area contributed by atoms with Crippen molar-refractivity contribution < 1.29 is 0 Å². The molecule has 1 fully saturated rings. The second-order valence-electron chi connectivity index (χ2n) is 6.57. The van der Waals surface area contributed by atoms with Gasteiger partial charge < -0.3 is 10.2 Å². The van der Waals surface area contributed by atoms with Crippen molar-refractivity contribution in [2.75, 3.05) is 19.6 Å². The first kappa shape index (κ1) is 15.1. The Balaban J connectivity index is 1.64. The second kappa shape index (κ2) is 8.06. The molecule has 1 saturated heterocycles. The van der Waals surface area contributed by atoms with Crippen molar-refractivity contribution in [2.45, 2.75) is 77.3 Å². The van der Waals surface area contributed by atoms with Crippen molar-refractivity contribution >= 4 is 0 Å². The lowest BCUT2D eigenvalue weighted by Gasteiger charge is -2.24. The second-order valence-corrected chi connectivity index (χ2v) is 6.57. The molecule has 0 aromatic carbocycles. The molecule has 2 aliphatic rings. The van der Waals surface area contributed by atoms with E-state index in [1.165, 1.54) is 71.0 Å². The fourth-order valence-corrected chi connectivity index (χ4v) is 3.41. The van der Waals surface area contributed by atoms with E-state index in [9.17, 15) is 0 Å². The maximum Gasteiger partial charge on any atom is 0.00798 e. The molecule has 1 atom stereocenters. The molecular formula is C17H32N2. The number of hydrogen-bond donors (Lipinski definition) is 1. The van der Waals surface area contributed by atoms with E-state index in [0.717, 1.165) is 6.04 Å². The summed E-state index contributed by atoms with van der Waals surface area (Å²) in [4.78, 5) is 2.63. The number of rotatable bonds is 5. The van der Waals surface area contributed by atoms with Gasteiger partial charge in [0, 0.05) is 12.1 Å². The lowest BCUT2D eigenvalue weighted by Crippen LogP contribution is -2.34. The smallest absolute Gasteiger partial charge is 0.00798 e. The highest BCUT2D eigenvalue weighted by Crippen LogP contribution is 2.20. The largest absolute Gasteiger partial charge is 0.314 e. The molecule has 0 aromatic rings. The Morgan fingerprint density at radius 2 is 2.11 bits per heavy atom. The molecule has 1 heterocycles. The molecule has 0 saturated carbocycles. The maximum atomic E-state index is 3.80. The van der Waals surface area contributed by atoms with Crippen LogP contribution in [0.4, 0.5) is 0 Å². The van der Waals surface area contributed by atoms with Crippen LogP contribution in [0.15, 0.2) is 11.6 Å². The Kier molecular flexibility index (Phi) is 6.39. The summed E-state index contributed by atoms with van der Waals surface area (Å²) in [7, 11) is 0. The van der Waals surface area contributed by atoms with Gasteiger partial charge in [-0.15, -0.1) is 0 Å². The maximum absolute atomic E-state index is 3.80. The van der Waals surface area contributed by atoms with Crippen LogP contribution in [0.5, 0.6) is 0 Å². The summed E-state index contributed by atoms with van der Waals surface area (Å²) >= 11 is 0. The first-order valence-electron chi connectivity index (χ1n) is 8.41. The molecule has 0 amide bonds. The SMILES string of the molecule is CC(C)N1CCCC(NCCC2=CCCCC2)CC1. The summed E-state index contributed by atoms with van der Waals surface area (Å²) in [5.74, 6) is 0. The van der Waals surface area contributed by atoms with Crippen molar-refractivity contribution in [1.82, 2.24) is 10.2 Å². The highest BCUT2D eigenvalue weighted by atomic mass is 15.1. The normalized spacial score (nSPS) is 26.3. The van der Waals surface area contributed by atoms with Crippen LogP contribution in [0.3, 0.4) is 0 Å². The van der Waals surface area contributed by atoms with Crippen molar-refractivity contribution in [3.8, 4) is 0 Å². The molecular weight excluding hydrogens is 232 g/mol. The van der Waals surface area contributed by atoms with Crippen LogP contribution in [0.25, 0.3) is 0 Å². The summed E-state index contributed by atoms with van der Waals surface area (Å²) in [5.41, 5.74) is 1.70. The number of nitrogens with zero attached hydrogens (tertiary/aromatic N) is 1. The molecule has 1 aliphatic carbocycles. The fraction of sp³-hybridized carbons (Fsp3) is 0.882. The summed E-state index contributed by atoms with van der Waals surface area (Å²) in [6.07, 6.45) is 13.3. The lowest BCUT2D eigenvalue weighted by molar-refractivity contribution is 0.229. The number of likely N-dealkylation sites (tertiary alicyclic amines) is 1. The van der Waals surface area contributed by atoms with Gasteiger partial charge in [0.15, 0.2) is 0 Å². The van der Waals surface area contributed by atoms with Gasteiger partial charge in [-0.25, -0.2) is 0 Å². The van der Waals surface area contributed by atoms with Crippen LogP contribution in [-0.2, 0) is 0 Å². The van der Waals surface area contributed by atoms with Crippen molar-refractivity contribution in [2.24, 2.45) is 0 Å². The molecule has 1 unspecified atom stereocenters. The van der Waals surface area contributed by atoms with Gasteiger partial charge in [0.1, 0.15) is 0 Å². The van der Waals surface area contributed by atoms with Gasteiger partial charge in [0.2, 0.25) is 0 Å². The van der Waals surface area contributed by atoms with Crippen molar-refractivity contribution in [1.29, 1.82) is 0 Å². The van der Waals surface area contributed by atoms with E-state index >= 15 is 0 Å². The summed E-state index contributed by atoms with van der Waals surface area (Å²) in [6, 6.07) is 1.47. The highest BCUT2D eigenvalue weighted by Gasteiger charge is 2.18. The molecule has 110 valence electrons. The molecule has 0 bridgehead atoms. The summed E-state index contributed by atoms with van der Waals surface area (Å²) < 4.78 is 0. The van der Waals surface area contributed by atoms with E-state index in [2.05, 4.69) is 30.1 Å². The quantitative estimate of drug-likeness (QED) is 0.761. The van der Waals surface area contributed by atoms with Crippen LogP contribution in [0, 0.1) is 0 Å². The van der Waals surface area contributed by atoms with E-state index < -0.39 is 0 Å². The minimum atomic E-state index is 0.714. The third-order valence-electron chi connectivity index (χ3n) is 4.76. The van der Waals surface area contributed by atoms with E-state index in [1.807, 2.05) is 0 Å². The average Bonchev–Trinajstić information content (AvgIpc) is 2.66. The van der Waals surface area contributed by atoms with Crippen LogP contribution in [-0.4, -0.2) is 36.6 Å². The molecule has 1 N–H and O–H groups in total. The zero-order valence-corrected chi connectivity index (χ0v) is 13.0. The fourth-order valence-electron chi connectivity index (χ4n) is 3.41. The summed E-state index contributed by atoms with van der Waals surface area (Å²) in [6.45, 7) is 8.41. The van der Waals surface area contributed by atoms with E-state index in [4.69, 9.17) is 0 Å². The monoisotopic (exact) mass is 264 g/mol. The van der Waals surface area contributed by atoms with Gasteiger partial charge in [-0.2, -0.15) is 0 Å². The molecule has 0 aromatic heterocycles. The van der Waals surface area contributed by atoms with Gasteiger partial charge in [0.05, 0.1) is 0 Å². The molecule has 1 aliphatic heterocycles. The van der Waals surface area contributed by atoms with Gasteiger partial charge in [0.25, 0.3) is 0 Å². The Morgan fingerprint density at radius 1 is 1.21 bits per heavy atom. The molecule has 0 radical (unpaired) electrons. The minimum Gasteiger partial charge on any atom is -0.314 e. The Morgan fingerprint density at radius 3 is 2.84 bits per heavy atom. The predicted molar refractivity (Wildman–Crippen MR) is 83.5 cm³/mol. The van der Waals surface area contributed by atoms with Gasteiger partial charge in [-0.3, -0.25) is 0 Å². The third-order valence-corrected chi connectivity index (χ3v) is 4.76.